The van der Waals surface area contributed by atoms with Crippen LogP contribution in [0.15, 0.2) is 18.2 Å². The van der Waals surface area contributed by atoms with Crippen molar-refractivity contribution in [1.82, 2.24) is 10.2 Å². The van der Waals surface area contributed by atoms with Gasteiger partial charge in [-0.15, -0.1) is 0 Å². The number of hydrogen-bond donors (Lipinski definition) is 1. The quantitative estimate of drug-likeness (QED) is 0.833. The van der Waals surface area contributed by atoms with Gasteiger partial charge in [0.1, 0.15) is 11.5 Å². The number of methoxy groups -OCH3 is 2. The molecule has 0 unspecified atom stereocenters. The monoisotopic (exact) mass is 334 g/mol. The number of piperidine rings is 1. The molecule has 1 saturated heterocycles. The molecule has 0 aromatic heterocycles. The number of amides is 1. The maximum absolute atomic E-state index is 12.2. The van der Waals surface area contributed by atoms with E-state index >= 15 is 0 Å². The number of carbonyl (C=O) groups excluding carboxylic acids is 1. The minimum Gasteiger partial charge on any atom is -0.497 e. The van der Waals surface area contributed by atoms with Gasteiger partial charge in [0, 0.05) is 30.1 Å². The third-order valence-electron chi connectivity index (χ3n) is 4.85. The number of rotatable bonds is 7. The van der Waals surface area contributed by atoms with Crippen molar-refractivity contribution in [2.24, 2.45) is 5.92 Å². The van der Waals surface area contributed by atoms with Crippen molar-refractivity contribution in [2.45, 2.75) is 45.7 Å². The number of carbonyl (C=O) groups is 1. The van der Waals surface area contributed by atoms with E-state index in [4.69, 9.17) is 9.47 Å². The minimum atomic E-state index is 0.146. The van der Waals surface area contributed by atoms with Crippen LogP contribution >= 0.6 is 0 Å². The molecule has 1 heterocycles. The predicted molar refractivity (Wildman–Crippen MR) is 95.4 cm³/mol. The molecule has 24 heavy (non-hydrogen) atoms. The summed E-state index contributed by atoms with van der Waals surface area (Å²) in [7, 11) is 3.34. The molecule has 1 fully saturated rings. The Bertz CT molecular complexity index is 539. The van der Waals surface area contributed by atoms with Crippen molar-refractivity contribution < 1.29 is 14.3 Å². The third kappa shape index (κ3) is 4.87. The molecule has 0 aliphatic carbocycles. The van der Waals surface area contributed by atoms with Gasteiger partial charge < -0.3 is 14.8 Å². The summed E-state index contributed by atoms with van der Waals surface area (Å²) >= 11 is 0. The van der Waals surface area contributed by atoms with Gasteiger partial charge in [0.05, 0.1) is 14.2 Å². The second kappa shape index (κ2) is 8.92. The van der Waals surface area contributed by atoms with Gasteiger partial charge in [0.25, 0.3) is 0 Å². The molecule has 0 radical (unpaired) electrons. The fourth-order valence-electron chi connectivity index (χ4n) is 3.04. The average Bonchev–Trinajstić information content (AvgIpc) is 2.62. The van der Waals surface area contributed by atoms with Crippen LogP contribution in [0.5, 0.6) is 11.5 Å². The van der Waals surface area contributed by atoms with Crippen molar-refractivity contribution in [3.63, 3.8) is 0 Å². The Morgan fingerprint density at radius 1 is 1.29 bits per heavy atom. The molecular formula is C19H30N2O3. The molecule has 1 amide bonds. The van der Waals surface area contributed by atoms with Gasteiger partial charge in [-0.1, -0.05) is 13.0 Å². The molecule has 0 saturated carbocycles. The van der Waals surface area contributed by atoms with E-state index in [0.717, 1.165) is 56.0 Å². The molecule has 1 aliphatic rings. The van der Waals surface area contributed by atoms with E-state index in [1.54, 1.807) is 14.2 Å². The molecule has 5 heteroatoms. The Balaban J connectivity index is 1.88. The number of nitrogens with one attached hydrogen (secondary N) is 1. The first-order valence-corrected chi connectivity index (χ1v) is 8.81. The summed E-state index contributed by atoms with van der Waals surface area (Å²) in [5.74, 6) is 2.01. The van der Waals surface area contributed by atoms with Gasteiger partial charge in [-0.2, -0.15) is 0 Å². The lowest BCUT2D eigenvalue weighted by molar-refractivity contribution is -0.127. The molecule has 2 rings (SSSR count). The number of ether oxygens (including phenoxy) is 2. The largest absolute Gasteiger partial charge is 0.497 e. The van der Waals surface area contributed by atoms with Crippen LogP contribution in [0.2, 0.25) is 0 Å². The summed E-state index contributed by atoms with van der Waals surface area (Å²) in [5, 5.41) is 3.10. The third-order valence-corrected chi connectivity index (χ3v) is 4.85. The first-order chi connectivity index (χ1) is 11.6. The van der Waals surface area contributed by atoms with E-state index in [1.807, 2.05) is 12.1 Å². The summed E-state index contributed by atoms with van der Waals surface area (Å²) in [4.78, 5) is 14.6. The van der Waals surface area contributed by atoms with Crippen LogP contribution in [0.1, 0.15) is 38.7 Å². The van der Waals surface area contributed by atoms with Crippen LogP contribution in [0.25, 0.3) is 0 Å². The molecular weight excluding hydrogens is 304 g/mol. The van der Waals surface area contributed by atoms with E-state index < -0.39 is 0 Å². The zero-order valence-electron chi connectivity index (χ0n) is 15.3. The summed E-state index contributed by atoms with van der Waals surface area (Å²) in [6.07, 6.45) is 2.81. The molecule has 1 aromatic rings. The van der Waals surface area contributed by atoms with Crippen LogP contribution in [0.3, 0.4) is 0 Å². The highest BCUT2D eigenvalue weighted by atomic mass is 16.5. The van der Waals surface area contributed by atoms with E-state index in [-0.39, 0.29) is 17.9 Å². The zero-order valence-corrected chi connectivity index (χ0v) is 15.3. The SMILES string of the molecule is CC[C@@H](C)NC(=O)C1CCN(Cc2ccc(OC)cc2OC)CC1. The normalized spacial score (nSPS) is 17.3. The average molecular weight is 334 g/mol. The van der Waals surface area contributed by atoms with Crippen molar-refractivity contribution in [1.29, 1.82) is 0 Å². The number of hydrogen-bond acceptors (Lipinski definition) is 4. The molecule has 0 bridgehead atoms. The van der Waals surface area contributed by atoms with Crippen LogP contribution in [0, 0.1) is 5.92 Å². The summed E-state index contributed by atoms with van der Waals surface area (Å²) in [6, 6.07) is 6.20. The predicted octanol–water partition coefficient (Wildman–Crippen LogP) is 2.83. The first-order valence-electron chi connectivity index (χ1n) is 8.81. The number of nitrogens with zero attached hydrogens (tertiary/aromatic N) is 1. The smallest absolute Gasteiger partial charge is 0.223 e. The van der Waals surface area contributed by atoms with E-state index in [2.05, 4.69) is 30.1 Å². The van der Waals surface area contributed by atoms with Gasteiger partial charge in [0.15, 0.2) is 0 Å². The van der Waals surface area contributed by atoms with Crippen LogP contribution < -0.4 is 14.8 Å². The topological polar surface area (TPSA) is 50.8 Å². The maximum Gasteiger partial charge on any atom is 0.223 e. The lowest BCUT2D eigenvalue weighted by Gasteiger charge is -2.32. The van der Waals surface area contributed by atoms with Crippen molar-refractivity contribution >= 4 is 5.91 Å². The first kappa shape index (κ1) is 18.6. The lowest BCUT2D eigenvalue weighted by atomic mass is 9.95. The van der Waals surface area contributed by atoms with Crippen molar-refractivity contribution in [3.8, 4) is 11.5 Å². The molecule has 1 N–H and O–H groups in total. The Morgan fingerprint density at radius 3 is 2.58 bits per heavy atom. The lowest BCUT2D eigenvalue weighted by Crippen LogP contribution is -2.42. The number of benzene rings is 1. The summed E-state index contributed by atoms with van der Waals surface area (Å²) in [5.41, 5.74) is 1.15. The minimum absolute atomic E-state index is 0.146. The van der Waals surface area contributed by atoms with Gasteiger partial charge in [-0.05, 0) is 45.3 Å². The molecule has 134 valence electrons. The molecule has 1 atom stereocenters. The fraction of sp³-hybridized carbons (Fsp3) is 0.632. The van der Waals surface area contributed by atoms with E-state index in [1.165, 1.54) is 0 Å². The highest BCUT2D eigenvalue weighted by molar-refractivity contribution is 5.79. The highest BCUT2D eigenvalue weighted by Gasteiger charge is 2.26. The second-order valence-electron chi connectivity index (χ2n) is 6.55. The molecule has 1 aliphatic heterocycles. The van der Waals surface area contributed by atoms with E-state index in [0.29, 0.717) is 0 Å². The number of likely N-dealkylation sites (tertiary alicyclic amines) is 1. The Hall–Kier alpha value is -1.75. The highest BCUT2D eigenvalue weighted by Crippen LogP contribution is 2.27. The van der Waals surface area contributed by atoms with Crippen LogP contribution in [-0.4, -0.2) is 44.2 Å². The Labute approximate surface area is 145 Å². The molecule has 1 aromatic carbocycles. The Morgan fingerprint density at radius 2 is 2.00 bits per heavy atom. The van der Waals surface area contributed by atoms with Crippen LogP contribution in [0.4, 0.5) is 0 Å². The van der Waals surface area contributed by atoms with Gasteiger partial charge >= 0.3 is 0 Å². The fourth-order valence-corrected chi connectivity index (χ4v) is 3.04. The maximum atomic E-state index is 12.2. The van der Waals surface area contributed by atoms with Crippen molar-refractivity contribution in [3.05, 3.63) is 23.8 Å². The van der Waals surface area contributed by atoms with E-state index in [9.17, 15) is 4.79 Å². The summed E-state index contributed by atoms with van der Waals surface area (Å²) in [6.45, 7) is 6.87. The molecule has 5 nitrogen and oxygen atoms in total. The van der Waals surface area contributed by atoms with Gasteiger partial charge in [-0.25, -0.2) is 0 Å². The van der Waals surface area contributed by atoms with Crippen LogP contribution in [-0.2, 0) is 11.3 Å². The zero-order chi connectivity index (χ0) is 17.5. The summed E-state index contributed by atoms with van der Waals surface area (Å²) < 4.78 is 10.7. The second-order valence-corrected chi connectivity index (χ2v) is 6.55. The van der Waals surface area contributed by atoms with Gasteiger partial charge in [-0.3, -0.25) is 9.69 Å². The standard InChI is InChI=1S/C19H30N2O3/c1-5-14(2)20-19(22)15-8-10-21(11-9-15)13-16-6-7-17(23-3)12-18(16)24-4/h6-7,12,14-15H,5,8-11,13H2,1-4H3,(H,20,22)/t14-/m1/s1. The van der Waals surface area contributed by atoms with Gasteiger partial charge in [0.2, 0.25) is 5.91 Å². The molecule has 0 spiro atoms. The Kier molecular flexibility index (Phi) is 6.91. The van der Waals surface area contributed by atoms with Crippen molar-refractivity contribution in [2.75, 3.05) is 27.3 Å².